The van der Waals surface area contributed by atoms with Crippen molar-refractivity contribution < 1.29 is 9.59 Å². The molecule has 2 aromatic carbocycles. The summed E-state index contributed by atoms with van der Waals surface area (Å²) in [6.45, 7) is 2.83. The van der Waals surface area contributed by atoms with Crippen LogP contribution in [0.25, 0.3) is 11.0 Å². The summed E-state index contributed by atoms with van der Waals surface area (Å²) < 4.78 is 2.15. The lowest BCUT2D eigenvalue weighted by molar-refractivity contribution is -0.131. The molecule has 2 aliphatic rings. The smallest absolute Gasteiger partial charge is 0.227 e. The number of imidazole rings is 1. The van der Waals surface area contributed by atoms with E-state index >= 15 is 0 Å². The zero-order chi connectivity index (χ0) is 22.8. The van der Waals surface area contributed by atoms with E-state index in [4.69, 9.17) is 16.6 Å². The van der Waals surface area contributed by atoms with E-state index in [1.807, 2.05) is 47.4 Å². The van der Waals surface area contributed by atoms with Gasteiger partial charge in [-0.05, 0) is 37.1 Å². The molecule has 0 aliphatic carbocycles. The molecule has 1 atom stereocenters. The number of para-hydroxylation sites is 3. The SMILES string of the molecule is O=C(CCn1c(C2CC(=O)N(c3ccccc3Cl)C2)nc2ccccc21)N1CCCCCC1. The standard InChI is InChI=1S/C26H29ClN4O2/c27-20-9-3-5-11-22(20)31-18-19(17-25(31)33)26-28-21-10-4-6-12-23(21)30(26)16-13-24(32)29-14-7-1-2-8-15-29/h3-6,9-12,19H,1-2,7-8,13-18H2. The maximum atomic E-state index is 13.0. The van der Waals surface area contributed by atoms with Crippen LogP contribution in [-0.2, 0) is 16.1 Å². The van der Waals surface area contributed by atoms with Crippen molar-refractivity contribution in [2.45, 2.75) is 51.0 Å². The quantitative estimate of drug-likeness (QED) is 0.533. The van der Waals surface area contributed by atoms with E-state index in [0.717, 1.165) is 48.5 Å². The Balaban J connectivity index is 1.40. The molecule has 7 heteroatoms. The Morgan fingerprint density at radius 3 is 2.52 bits per heavy atom. The van der Waals surface area contributed by atoms with Gasteiger partial charge < -0.3 is 14.4 Å². The van der Waals surface area contributed by atoms with Gasteiger partial charge >= 0.3 is 0 Å². The molecule has 1 unspecified atom stereocenters. The van der Waals surface area contributed by atoms with Crippen molar-refractivity contribution in [3.05, 3.63) is 59.4 Å². The number of aromatic nitrogens is 2. The maximum Gasteiger partial charge on any atom is 0.227 e. The minimum absolute atomic E-state index is 0.0468. The number of carbonyl (C=O) groups excluding carboxylic acids is 2. The number of likely N-dealkylation sites (tertiary alicyclic amines) is 1. The van der Waals surface area contributed by atoms with Gasteiger partial charge in [0.2, 0.25) is 11.8 Å². The fourth-order valence-electron chi connectivity index (χ4n) is 5.11. The van der Waals surface area contributed by atoms with E-state index in [1.54, 1.807) is 11.0 Å². The molecule has 5 rings (SSSR count). The molecular formula is C26H29ClN4O2. The second kappa shape index (κ2) is 9.56. The highest BCUT2D eigenvalue weighted by molar-refractivity contribution is 6.33. The number of fused-ring (bicyclic) bond motifs is 1. The molecule has 2 fully saturated rings. The third kappa shape index (κ3) is 4.49. The summed E-state index contributed by atoms with van der Waals surface area (Å²) >= 11 is 6.37. The van der Waals surface area contributed by atoms with Crippen LogP contribution in [0.5, 0.6) is 0 Å². The zero-order valence-corrected chi connectivity index (χ0v) is 19.5. The van der Waals surface area contributed by atoms with Gasteiger partial charge in [0.15, 0.2) is 0 Å². The van der Waals surface area contributed by atoms with Crippen molar-refractivity contribution in [1.29, 1.82) is 0 Å². The Kier molecular flexibility index (Phi) is 6.36. The van der Waals surface area contributed by atoms with E-state index in [-0.39, 0.29) is 17.7 Å². The molecule has 0 spiro atoms. The van der Waals surface area contributed by atoms with Gasteiger partial charge in [-0.15, -0.1) is 0 Å². The number of nitrogens with zero attached hydrogens (tertiary/aromatic N) is 4. The lowest BCUT2D eigenvalue weighted by Crippen LogP contribution is -2.32. The molecule has 2 aliphatic heterocycles. The zero-order valence-electron chi connectivity index (χ0n) is 18.8. The summed E-state index contributed by atoms with van der Waals surface area (Å²) in [4.78, 5) is 34.6. The molecule has 2 saturated heterocycles. The van der Waals surface area contributed by atoms with Gasteiger partial charge in [0, 0.05) is 44.9 Å². The predicted molar refractivity (Wildman–Crippen MR) is 131 cm³/mol. The number of benzene rings is 2. The van der Waals surface area contributed by atoms with Crippen molar-refractivity contribution in [2.75, 3.05) is 24.5 Å². The second-order valence-corrected chi connectivity index (χ2v) is 9.42. The normalized spacial score (nSPS) is 19.3. The minimum Gasteiger partial charge on any atom is -0.343 e. The summed E-state index contributed by atoms with van der Waals surface area (Å²) in [6.07, 6.45) is 5.42. The first-order valence-corrected chi connectivity index (χ1v) is 12.3. The fraction of sp³-hybridized carbons (Fsp3) is 0.423. The Labute approximate surface area is 199 Å². The Bertz CT molecular complexity index is 1170. The van der Waals surface area contributed by atoms with Crippen LogP contribution in [0.4, 0.5) is 5.69 Å². The molecular weight excluding hydrogens is 436 g/mol. The van der Waals surface area contributed by atoms with Crippen LogP contribution < -0.4 is 4.90 Å². The summed E-state index contributed by atoms with van der Waals surface area (Å²) in [7, 11) is 0. The van der Waals surface area contributed by atoms with Crippen molar-refractivity contribution >= 4 is 40.1 Å². The van der Waals surface area contributed by atoms with Crippen molar-refractivity contribution in [3.8, 4) is 0 Å². The molecule has 172 valence electrons. The Morgan fingerprint density at radius 1 is 1.00 bits per heavy atom. The maximum absolute atomic E-state index is 13.0. The van der Waals surface area contributed by atoms with E-state index in [2.05, 4.69) is 4.57 Å². The first kappa shape index (κ1) is 22.0. The molecule has 6 nitrogen and oxygen atoms in total. The predicted octanol–water partition coefficient (Wildman–Crippen LogP) is 5.00. The largest absolute Gasteiger partial charge is 0.343 e. The van der Waals surface area contributed by atoms with Crippen LogP contribution in [0.15, 0.2) is 48.5 Å². The highest BCUT2D eigenvalue weighted by Crippen LogP contribution is 2.36. The number of halogens is 1. The first-order valence-electron chi connectivity index (χ1n) is 11.9. The van der Waals surface area contributed by atoms with Gasteiger partial charge in [-0.25, -0.2) is 4.98 Å². The summed E-state index contributed by atoms with van der Waals surface area (Å²) in [5, 5.41) is 0.572. The van der Waals surface area contributed by atoms with Crippen LogP contribution in [0, 0.1) is 0 Å². The number of amides is 2. The molecule has 0 N–H and O–H groups in total. The fourth-order valence-corrected chi connectivity index (χ4v) is 5.35. The van der Waals surface area contributed by atoms with E-state index in [1.165, 1.54) is 12.8 Å². The van der Waals surface area contributed by atoms with Crippen LogP contribution in [-0.4, -0.2) is 45.9 Å². The molecule has 2 amide bonds. The van der Waals surface area contributed by atoms with Gasteiger partial charge in [-0.3, -0.25) is 9.59 Å². The lowest BCUT2D eigenvalue weighted by atomic mass is 10.1. The van der Waals surface area contributed by atoms with E-state index in [9.17, 15) is 9.59 Å². The van der Waals surface area contributed by atoms with Gasteiger partial charge in [-0.2, -0.15) is 0 Å². The summed E-state index contributed by atoms with van der Waals surface area (Å²) in [5.74, 6) is 1.09. The summed E-state index contributed by atoms with van der Waals surface area (Å²) in [5.41, 5.74) is 2.66. The molecule has 1 aromatic heterocycles. The molecule has 0 radical (unpaired) electrons. The summed E-state index contributed by atoms with van der Waals surface area (Å²) in [6, 6.07) is 15.5. The van der Waals surface area contributed by atoms with Gasteiger partial charge in [0.1, 0.15) is 5.82 Å². The van der Waals surface area contributed by atoms with Crippen LogP contribution in [0.3, 0.4) is 0 Å². The number of hydrogen-bond acceptors (Lipinski definition) is 3. The average molecular weight is 465 g/mol. The third-order valence-corrected chi connectivity index (χ3v) is 7.15. The van der Waals surface area contributed by atoms with Gasteiger partial charge in [0.25, 0.3) is 0 Å². The number of hydrogen-bond donors (Lipinski definition) is 0. The second-order valence-electron chi connectivity index (χ2n) is 9.01. The molecule has 33 heavy (non-hydrogen) atoms. The average Bonchev–Trinajstić information content (AvgIpc) is 3.25. The Morgan fingerprint density at radius 2 is 1.73 bits per heavy atom. The van der Waals surface area contributed by atoms with Crippen molar-refractivity contribution in [2.24, 2.45) is 0 Å². The molecule has 0 saturated carbocycles. The first-order chi connectivity index (χ1) is 16.1. The van der Waals surface area contributed by atoms with Crippen molar-refractivity contribution in [1.82, 2.24) is 14.5 Å². The molecule has 0 bridgehead atoms. The Hall–Kier alpha value is -2.86. The lowest BCUT2D eigenvalue weighted by Gasteiger charge is -2.21. The van der Waals surface area contributed by atoms with Crippen LogP contribution in [0.2, 0.25) is 5.02 Å². The number of aryl methyl sites for hydroxylation is 1. The van der Waals surface area contributed by atoms with Crippen molar-refractivity contribution in [3.63, 3.8) is 0 Å². The number of anilines is 1. The topological polar surface area (TPSA) is 58.4 Å². The highest BCUT2D eigenvalue weighted by Gasteiger charge is 2.35. The monoisotopic (exact) mass is 464 g/mol. The van der Waals surface area contributed by atoms with E-state index in [0.29, 0.717) is 31.0 Å². The molecule has 3 aromatic rings. The van der Waals surface area contributed by atoms with Crippen LogP contribution >= 0.6 is 11.6 Å². The number of carbonyl (C=O) groups is 2. The van der Waals surface area contributed by atoms with Gasteiger partial charge in [0.05, 0.1) is 21.7 Å². The van der Waals surface area contributed by atoms with Crippen LogP contribution in [0.1, 0.15) is 50.3 Å². The van der Waals surface area contributed by atoms with E-state index < -0.39 is 0 Å². The van der Waals surface area contributed by atoms with Gasteiger partial charge in [-0.1, -0.05) is 48.7 Å². The highest BCUT2D eigenvalue weighted by atomic mass is 35.5. The molecule has 3 heterocycles. The minimum atomic E-state index is -0.0468. The number of rotatable bonds is 5. The third-order valence-electron chi connectivity index (χ3n) is 6.83.